The highest BCUT2D eigenvalue weighted by Crippen LogP contribution is 2.23. The van der Waals surface area contributed by atoms with Gasteiger partial charge in [-0.2, -0.15) is 0 Å². The maximum absolute atomic E-state index is 11.2. The van der Waals surface area contributed by atoms with Crippen LogP contribution in [0.2, 0.25) is 0 Å². The Morgan fingerprint density at radius 1 is 1.44 bits per heavy atom. The number of fused-ring (bicyclic) bond motifs is 1. The summed E-state index contributed by atoms with van der Waals surface area (Å²) in [5.41, 5.74) is 3.29. The monoisotopic (exact) mass is 238 g/mol. The van der Waals surface area contributed by atoms with Crippen LogP contribution in [0.5, 0.6) is 0 Å². The van der Waals surface area contributed by atoms with Crippen molar-refractivity contribution in [3.63, 3.8) is 0 Å². The lowest BCUT2D eigenvalue weighted by Gasteiger charge is -2.00. The summed E-state index contributed by atoms with van der Waals surface area (Å²) in [5, 5.41) is 4.43. The Bertz CT molecular complexity index is 521. The van der Waals surface area contributed by atoms with E-state index in [2.05, 4.69) is 10.0 Å². The maximum Gasteiger partial charge on any atom is 0.233 e. The van der Waals surface area contributed by atoms with Gasteiger partial charge in [-0.05, 0) is 42.8 Å². The predicted octanol–water partition coefficient (Wildman–Crippen LogP) is 1.17. The largest absolute Gasteiger partial charge is 0.384 e. The quantitative estimate of drug-likeness (QED) is 0.831. The van der Waals surface area contributed by atoms with Gasteiger partial charge in [0.15, 0.2) is 0 Å². The van der Waals surface area contributed by atoms with Gasteiger partial charge < -0.3 is 5.32 Å². The Morgan fingerprint density at radius 3 is 3.00 bits per heavy atom. The normalized spacial score (nSPS) is 15.1. The van der Waals surface area contributed by atoms with Crippen LogP contribution in [-0.4, -0.2) is 22.0 Å². The summed E-state index contributed by atoms with van der Waals surface area (Å²) in [6.45, 7) is 0.956. The number of hydrogen-bond acceptors (Lipinski definition) is 3. The number of rotatable bonds is 3. The number of nitrogens with one attached hydrogen (secondary N) is 2. The highest BCUT2D eigenvalue weighted by molar-refractivity contribution is 7.92. The van der Waals surface area contributed by atoms with Crippen LogP contribution in [0.25, 0.3) is 6.08 Å². The zero-order chi connectivity index (χ0) is 11.6. The third-order valence-electron chi connectivity index (χ3n) is 2.56. The molecule has 0 bridgehead atoms. The Hall–Kier alpha value is -1.33. The van der Waals surface area contributed by atoms with Crippen molar-refractivity contribution in [3.05, 3.63) is 34.7 Å². The first kappa shape index (κ1) is 11.2. The number of hydrogen-bond donors (Lipinski definition) is 2. The molecule has 0 radical (unpaired) electrons. The average Bonchev–Trinajstić information content (AvgIpc) is 2.73. The van der Waals surface area contributed by atoms with Crippen LogP contribution in [0.15, 0.2) is 23.6 Å². The van der Waals surface area contributed by atoms with Gasteiger partial charge in [0, 0.05) is 17.6 Å². The summed E-state index contributed by atoms with van der Waals surface area (Å²) in [5.74, 6) is 0. The van der Waals surface area contributed by atoms with Gasteiger partial charge in [-0.25, -0.2) is 13.1 Å². The van der Waals surface area contributed by atoms with E-state index < -0.39 is 10.0 Å². The van der Waals surface area contributed by atoms with Crippen LogP contribution in [0.1, 0.15) is 11.1 Å². The molecule has 0 fully saturated rings. The van der Waals surface area contributed by atoms with Crippen molar-refractivity contribution in [3.8, 4) is 0 Å². The van der Waals surface area contributed by atoms with Gasteiger partial charge in [0.2, 0.25) is 10.0 Å². The van der Waals surface area contributed by atoms with Gasteiger partial charge in [-0.15, -0.1) is 0 Å². The maximum atomic E-state index is 11.2. The lowest BCUT2D eigenvalue weighted by atomic mass is 10.1. The van der Waals surface area contributed by atoms with Crippen LogP contribution in [0.3, 0.4) is 0 Å². The second kappa shape index (κ2) is 4.27. The van der Waals surface area contributed by atoms with Crippen molar-refractivity contribution in [2.24, 2.45) is 0 Å². The minimum Gasteiger partial charge on any atom is -0.384 e. The van der Waals surface area contributed by atoms with Crippen molar-refractivity contribution < 1.29 is 8.42 Å². The summed E-state index contributed by atoms with van der Waals surface area (Å²) in [4.78, 5) is 0. The number of sulfonamides is 1. The molecule has 16 heavy (non-hydrogen) atoms. The van der Waals surface area contributed by atoms with Crippen molar-refractivity contribution in [2.75, 3.05) is 18.9 Å². The summed E-state index contributed by atoms with van der Waals surface area (Å²) >= 11 is 0. The molecule has 1 aromatic carbocycles. The van der Waals surface area contributed by atoms with Gasteiger partial charge in [-0.1, -0.05) is 6.07 Å². The first-order chi connectivity index (χ1) is 7.61. The molecule has 1 heterocycles. The molecule has 2 rings (SSSR count). The molecule has 0 aromatic heterocycles. The molecular weight excluding hydrogens is 224 g/mol. The van der Waals surface area contributed by atoms with Crippen LogP contribution >= 0.6 is 0 Å². The Balaban J connectivity index is 2.23. The van der Waals surface area contributed by atoms with E-state index in [1.54, 1.807) is 6.08 Å². The third-order valence-corrected chi connectivity index (χ3v) is 3.63. The minimum absolute atomic E-state index is 0.904. The predicted molar refractivity (Wildman–Crippen MR) is 65.6 cm³/mol. The SMILES string of the molecule is CNS(=O)(=O)/C=C/c1ccc2c(c1)CCN2. The average molecular weight is 238 g/mol. The smallest absolute Gasteiger partial charge is 0.233 e. The fraction of sp³-hybridized carbons (Fsp3) is 0.273. The number of benzene rings is 1. The van der Waals surface area contributed by atoms with Gasteiger partial charge in [-0.3, -0.25) is 0 Å². The highest BCUT2D eigenvalue weighted by atomic mass is 32.2. The Kier molecular flexibility index (Phi) is 2.98. The standard InChI is InChI=1S/C11H14N2O2S/c1-12-16(14,15)7-5-9-2-3-11-10(8-9)4-6-13-11/h2-3,5,7-8,12-13H,4,6H2,1H3/b7-5+. The van der Waals surface area contributed by atoms with E-state index in [0.717, 1.165) is 24.2 Å². The molecule has 1 aliphatic heterocycles. The molecule has 1 aliphatic rings. The first-order valence-corrected chi connectivity index (χ1v) is 6.64. The molecule has 0 unspecified atom stereocenters. The Morgan fingerprint density at radius 2 is 2.25 bits per heavy atom. The molecule has 2 N–H and O–H groups in total. The molecule has 4 nitrogen and oxygen atoms in total. The topological polar surface area (TPSA) is 58.2 Å². The summed E-state index contributed by atoms with van der Waals surface area (Å²) in [6.07, 6.45) is 2.60. The summed E-state index contributed by atoms with van der Waals surface area (Å²) in [7, 11) is -1.88. The molecule has 0 saturated heterocycles. The molecule has 0 atom stereocenters. The van der Waals surface area contributed by atoms with Crippen molar-refractivity contribution in [2.45, 2.75) is 6.42 Å². The van der Waals surface area contributed by atoms with Crippen LogP contribution in [0.4, 0.5) is 5.69 Å². The molecule has 0 amide bonds. The van der Waals surface area contributed by atoms with E-state index in [1.165, 1.54) is 18.0 Å². The second-order valence-corrected chi connectivity index (χ2v) is 5.42. The Labute approximate surface area is 95.4 Å². The van der Waals surface area contributed by atoms with Gasteiger partial charge in [0.1, 0.15) is 0 Å². The van der Waals surface area contributed by atoms with E-state index in [4.69, 9.17) is 0 Å². The van der Waals surface area contributed by atoms with Crippen LogP contribution in [-0.2, 0) is 16.4 Å². The fourth-order valence-electron chi connectivity index (χ4n) is 1.66. The second-order valence-electron chi connectivity index (χ2n) is 3.65. The van der Waals surface area contributed by atoms with E-state index >= 15 is 0 Å². The number of anilines is 1. The van der Waals surface area contributed by atoms with Crippen molar-refractivity contribution in [1.82, 2.24) is 4.72 Å². The van der Waals surface area contributed by atoms with Crippen molar-refractivity contribution in [1.29, 1.82) is 0 Å². The van der Waals surface area contributed by atoms with Gasteiger partial charge >= 0.3 is 0 Å². The molecule has 5 heteroatoms. The molecule has 0 saturated carbocycles. The van der Waals surface area contributed by atoms with E-state index in [-0.39, 0.29) is 0 Å². The van der Waals surface area contributed by atoms with Crippen LogP contribution in [0, 0.1) is 0 Å². The first-order valence-electron chi connectivity index (χ1n) is 5.09. The molecule has 86 valence electrons. The lowest BCUT2D eigenvalue weighted by Crippen LogP contribution is -2.14. The molecule has 1 aromatic rings. The van der Waals surface area contributed by atoms with Gasteiger partial charge in [0.05, 0.1) is 0 Å². The van der Waals surface area contributed by atoms with Gasteiger partial charge in [0.25, 0.3) is 0 Å². The fourth-order valence-corrected chi connectivity index (χ4v) is 2.14. The minimum atomic E-state index is -3.28. The molecular formula is C11H14N2O2S. The third kappa shape index (κ3) is 2.43. The summed E-state index contributed by atoms with van der Waals surface area (Å²) < 4.78 is 24.6. The highest BCUT2D eigenvalue weighted by Gasteiger charge is 2.09. The molecule has 0 aliphatic carbocycles. The zero-order valence-corrected chi connectivity index (χ0v) is 9.84. The van der Waals surface area contributed by atoms with E-state index in [9.17, 15) is 8.42 Å². The molecule has 0 spiro atoms. The van der Waals surface area contributed by atoms with E-state index in [1.807, 2.05) is 18.2 Å². The van der Waals surface area contributed by atoms with Crippen molar-refractivity contribution >= 4 is 21.8 Å². The van der Waals surface area contributed by atoms with E-state index in [0.29, 0.717) is 0 Å². The summed E-state index contributed by atoms with van der Waals surface area (Å²) in [6, 6.07) is 5.89. The van der Waals surface area contributed by atoms with Crippen LogP contribution < -0.4 is 10.0 Å². The lowest BCUT2D eigenvalue weighted by molar-refractivity contribution is 0.597. The zero-order valence-electron chi connectivity index (χ0n) is 9.03.